The van der Waals surface area contributed by atoms with Gasteiger partial charge < -0.3 is 9.64 Å². The fraction of sp³-hybridized carbons (Fsp3) is 0.438. The van der Waals surface area contributed by atoms with E-state index in [0.717, 1.165) is 31.8 Å². The zero-order valence-electron chi connectivity index (χ0n) is 12.6. The lowest BCUT2D eigenvalue weighted by molar-refractivity contribution is -0.125. The van der Waals surface area contributed by atoms with Gasteiger partial charge in [-0.3, -0.25) is 9.69 Å². The van der Waals surface area contributed by atoms with Gasteiger partial charge in [-0.15, -0.1) is 0 Å². The standard InChI is InChI=1S/C16H20F2N2O2/c1-19(7-8-20-9-11-22-12-10-20)16(21)6-5-13-14(17)3-2-4-15(13)18/h2-6H,7-12H2,1H3/b6-5+. The number of likely N-dealkylation sites (N-methyl/N-ethyl adjacent to an activating group) is 1. The molecule has 0 aromatic heterocycles. The molecule has 1 aromatic carbocycles. The van der Waals surface area contributed by atoms with Gasteiger partial charge in [0.1, 0.15) is 11.6 Å². The minimum absolute atomic E-state index is 0.197. The summed E-state index contributed by atoms with van der Waals surface area (Å²) in [7, 11) is 1.67. The summed E-state index contributed by atoms with van der Waals surface area (Å²) in [6.07, 6.45) is 2.37. The van der Waals surface area contributed by atoms with Gasteiger partial charge in [-0.05, 0) is 18.2 Å². The number of ether oxygens (including phenoxy) is 1. The number of hydrogen-bond acceptors (Lipinski definition) is 3. The number of halogens is 2. The van der Waals surface area contributed by atoms with E-state index >= 15 is 0 Å². The summed E-state index contributed by atoms with van der Waals surface area (Å²) in [6.45, 7) is 4.46. The van der Waals surface area contributed by atoms with Crippen LogP contribution in [-0.2, 0) is 9.53 Å². The summed E-state index contributed by atoms with van der Waals surface area (Å²) in [5.74, 6) is -1.64. The highest BCUT2D eigenvalue weighted by Crippen LogP contribution is 2.13. The van der Waals surface area contributed by atoms with Crippen molar-refractivity contribution in [2.45, 2.75) is 0 Å². The van der Waals surface area contributed by atoms with Gasteiger partial charge >= 0.3 is 0 Å². The first-order valence-corrected chi connectivity index (χ1v) is 7.25. The highest BCUT2D eigenvalue weighted by atomic mass is 19.1. The topological polar surface area (TPSA) is 32.8 Å². The predicted octanol–water partition coefficient (Wildman–Crippen LogP) is 1.77. The van der Waals surface area contributed by atoms with Crippen LogP contribution in [0, 0.1) is 11.6 Å². The van der Waals surface area contributed by atoms with Crippen LogP contribution in [0.1, 0.15) is 5.56 Å². The molecule has 6 heteroatoms. The first-order valence-electron chi connectivity index (χ1n) is 7.25. The summed E-state index contributed by atoms with van der Waals surface area (Å²) >= 11 is 0. The van der Waals surface area contributed by atoms with Gasteiger partial charge in [-0.2, -0.15) is 0 Å². The van der Waals surface area contributed by atoms with E-state index in [1.165, 1.54) is 23.1 Å². The summed E-state index contributed by atoms with van der Waals surface area (Å²) in [5, 5.41) is 0. The maximum Gasteiger partial charge on any atom is 0.246 e. The Morgan fingerprint density at radius 2 is 1.95 bits per heavy atom. The molecule has 1 fully saturated rings. The zero-order chi connectivity index (χ0) is 15.9. The number of amides is 1. The Morgan fingerprint density at radius 1 is 1.32 bits per heavy atom. The van der Waals surface area contributed by atoms with Crippen molar-refractivity contribution >= 4 is 12.0 Å². The van der Waals surface area contributed by atoms with Gasteiger partial charge in [0.25, 0.3) is 0 Å². The normalized spacial score (nSPS) is 16.1. The minimum atomic E-state index is -0.681. The van der Waals surface area contributed by atoms with Crippen LogP contribution >= 0.6 is 0 Å². The predicted molar refractivity (Wildman–Crippen MR) is 80.3 cm³/mol. The lowest BCUT2D eigenvalue weighted by Crippen LogP contribution is -2.41. The number of rotatable bonds is 5. The quantitative estimate of drug-likeness (QED) is 0.777. The molecule has 1 aromatic rings. The summed E-state index contributed by atoms with van der Waals surface area (Å²) in [5.41, 5.74) is -0.197. The van der Waals surface area contributed by atoms with Gasteiger partial charge in [-0.25, -0.2) is 8.78 Å². The summed E-state index contributed by atoms with van der Waals surface area (Å²) in [6, 6.07) is 3.61. The van der Waals surface area contributed by atoms with Crippen molar-refractivity contribution in [1.82, 2.24) is 9.80 Å². The van der Waals surface area contributed by atoms with Crippen molar-refractivity contribution in [1.29, 1.82) is 0 Å². The second-order valence-electron chi connectivity index (χ2n) is 5.18. The van der Waals surface area contributed by atoms with E-state index in [1.54, 1.807) is 7.05 Å². The summed E-state index contributed by atoms with van der Waals surface area (Å²) < 4.78 is 32.2. The molecule has 0 saturated carbocycles. The SMILES string of the molecule is CN(CCN1CCOCC1)C(=O)/C=C/c1c(F)cccc1F. The number of benzene rings is 1. The van der Waals surface area contributed by atoms with E-state index in [-0.39, 0.29) is 11.5 Å². The maximum atomic E-state index is 13.5. The Labute approximate surface area is 129 Å². The number of carbonyl (C=O) groups excluding carboxylic acids is 1. The van der Waals surface area contributed by atoms with E-state index in [9.17, 15) is 13.6 Å². The smallest absolute Gasteiger partial charge is 0.246 e. The molecule has 0 aliphatic carbocycles. The molecule has 4 nitrogen and oxygen atoms in total. The molecule has 0 radical (unpaired) electrons. The van der Waals surface area contributed by atoms with Gasteiger partial charge in [0, 0.05) is 44.9 Å². The molecule has 120 valence electrons. The molecule has 22 heavy (non-hydrogen) atoms. The highest BCUT2D eigenvalue weighted by Gasteiger charge is 2.12. The summed E-state index contributed by atoms with van der Waals surface area (Å²) in [4.78, 5) is 15.7. The van der Waals surface area contributed by atoms with Crippen LogP contribution in [0.5, 0.6) is 0 Å². The lowest BCUT2D eigenvalue weighted by atomic mass is 10.2. The second kappa shape index (κ2) is 8.00. The minimum Gasteiger partial charge on any atom is -0.379 e. The van der Waals surface area contributed by atoms with Crippen LogP contribution in [-0.4, -0.2) is 62.1 Å². The number of carbonyl (C=O) groups is 1. The monoisotopic (exact) mass is 310 g/mol. The number of morpholine rings is 1. The van der Waals surface area contributed by atoms with E-state index in [4.69, 9.17) is 4.74 Å². The molecule has 1 aliphatic rings. The molecule has 2 rings (SSSR count). The van der Waals surface area contributed by atoms with E-state index < -0.39 is 11.6 Å². The average molecular weight is 310 g/mol. The lowest BCUT2D eigenvalue weighted by Gasteiger charge is -2.28. The molecule has 0 spiro atoms. The van der Waals surface area contributed by atoms with Gasteiger partial charge in [0.2, 0.25) is 5.91 Å². The van der Waals surface area contributed by atoms with E-state index in [2.05, 4.69) is 4.90 Å². The average Bonchev–Trinajstić information content (AvgIpc) is 2.53. The second-order valence-corrected chi connectivity index (χ2v) is 5.18. The van der Waals surface area contributed by atoms with Gasteiger partial charge in [-0.1, -0.05) is 6.07 Å². The molecule has 0 bridgehead atoms. The molecule has 0 N–H and O–H groups in total. The Kier molecular flexibility index (Phi) is 6.03. The molecule has 0 unspecified atom stereocenters. The van der Waals surface area contributed by atoms with Crippen LogP contribution in [0.4, 0.5) is 8.78 Å². The highest BCUT2D eigenvalue weighted by molar-refractivity contribution is 5.91. The third-order valence-electron chi connectivity index (χ3n) is 3.62. The van der Waals surface area contributed by atoms with E-state index in [1.807, 2.05) is 0 Å². The van der Waals surface area contributed by atoms with Crippen molar-refractivity contribution in [2.24, 2.45) is 0 Å². The Balaban J connectivity index is 1.86. The molecule has 1 saturated heterocycles. The van der Waals surface area contributed by atoms with Crippen molar-refractivity contribution < 1.29 is 18.3 Å². The number of hydrogen-bond donors (Lipinski definition) is 0. The maximum absolute atomic E-state index is 13.5. The van der Waals surface area contributed by atoms with Crippen LogP contribution in [0.3, 0.4) is 0 Å². The van der Waals surface area contributed by atoms with Crippen LogP contribution in [0.25, 0.3) is 6.08 Å². The third-order valence-corrected chi connectivity index (χ3v) is 3.62. The molecule has 1 amide bonds. The zero-order valence-corrected chi connectivity index (χ0v) is 12.6. The van der Waals surface area contributed by atoms with Crippen LogP contribution < -0.4 is 0 Å². The first-order chi connectivity index (χ1) is 10.6. The van der Waals surface area contributed by atoms with Crippen molar-refractivity contribution in [2.75, 3.05) is 46.4 Å². The molecular weight excluding hydrogens is 290 g/mol. The fourth-order valence-corrected chi connectivity index (χ4v) is 2.18. The van der Waals surface area contributed by atoms with Crippen LogP contribution in [0.2, 0.25) is 0 Å². The van der Waals surface area contributed by atoms with Gasteiger partial charge in [0.05, 0.1) is 13.2 Å². The Morgan fingerprint density at radius 3 is 2.59 bits per heavy atom. The largest absolute Gasteiger partial charge is 0.379 e. The molecular formula is C16H20F2N2O2. The Bertz CT molecular complexity index is 523. The first kappa shape index (κ1) is 16.6. The Hall–Kier alpha value is -1.79. The van der Waals surface area contributed by atoms with Crippen molar-refractivity contribution in [3.05, 3.63) is 41.5 Å². The fourth-order valence-electron chi connectivity index (χ4n) is 2.18. The third kappa shape index (κ3) is 4.61. The molecule has 1 aliphatic heterocycles. The van der Waals surface area contributed by atoms with Crippen LogP contribution in [0.15, 0.2) is 24.3 Å². The van der Waals surface area contributed by atoms with Crippen molar-refractivity contribution in [3.63, 3.8) is 0 Å². The molecule has 0 atom stereocenters. The van der Waals surface area contributed by atoms with Crippen molar-refractivity contribution in [3.8, 4) is 0 Å². The number of nitrogens with zero attached hydrogens (tertiary/aromatic N) is 2. The van der Waals surface area contributed by atoms with E-state index in [0.29, 0.717) is 19.8 Å². The van der Waals surface area contributed by atoms with Gasteiger partial charge in [0.15, 0.2) is 0 Å². The molecule has 1 heterocycles.